The zero-order valence-corrected chi connectivity index (χ0v) is 14.8. The fraction of sp³-hybridized carbons (Fsp3) is 0.235. The van der Waals surface area contributed by atoms with Crippen LogP contribution in [0.1, 0.15) is 29.7 Å². The van der Waals surface area contributed by atoms with E-state index in [1.807, 2.05) is 24.4 Å². The van der Waals surface area contributed by atoms with Crippen LogP contribution in [0.2, 0.25) is 5.02 Å². The number of thiophene rings is 1. The Kier molecular flexibility index (Phi) is 6.96. The van der Waals surface area contributed by atoms with Crippen molar-refractivity contribution in [2.24, 2.45) is 5.10 Å². The second-order valence-electron chi connectivity index (χ2n) is 5.12. The molecular weight excluding hydrogens is 346 g/mol. The molecule has 5 nitrogen and oxygen atoms in total. The molecule has 2 N–H and O–H groups in total. The smallest absolute Gasteiger partial charge is 0.240 e. The van der Waals surface area contributed by atoms with Crippen LogP contribution in [0.5, 0.6) is 0 Å². The van der Waals surface area contributed by atoms with E-state index in [4.69, 9.17) is 11.6 Å². The van der Waals surface area contributed by atoms with Gasteiger partial charge in [0, 0.05) is 28.4 Å². The van der Waals surface area contributed by atoms with Gasteiger partial charge in [0.25, 0.3) is 0 Å². The Morgan fingerprint density at radius 1 is 1.21 bits per heavy atom. The summed E-state index contributed by atoms with van der Waals surface area (Å²) in [6.07, 6.45) is 2.54. The Bertz CT molecular complexity index is 729. The molecule has 0 bridgehead atoms. The standard InChI is InChI=1S/C17H18ClN3O2S/c1-12-14(18)6-2-7-15(12)20-16(22)8-3-9-17(23)21-19-11-13-5-4-10-24-13/h2,4-7,10-11H,3,8-9H2,1H3,(H,20,22)(H,21,23)/b19-11-. The molecule has 126 valence electrons. The number of carbonyl (C=O) groups is 2. The number of hydrogen-bond donors (Lipinski definition) is 2. The Balaban J connectivity index is 1.68. The second kappa shape index (κ2) is 9.20. The molecular formula is C17H18ClN3O2S. The summed E-state index contributed by atoms with van der Waals surface area (Å²) in [5.74, 6) is -0.357. The number of benzene rings is 1. The van der Waals surface area contributed by atoms with Crippen LogP contribution in [0, 0.1) is 6.92 Å². The number of nitrogens with zero attached hydrogens (tertiary/aromatic N) is 1. The number of hydrogen-bond acceptors (Lipinski definition) is 4. The lowest BCUT2D eigenvalue weighted by Crippen LogP contribution is -2.18. The van der Waals surface area contributed by atoms with Gasteiger partial charge in [0.2, 0.25) is 11.8 Å². The summed E-state index contributed by atoms with van der Waals surface area (Å²) in [7, 11) is 0. The number of amides is 2. The summed E-state index contributed by atoms with van der Waals surface area (Å²) in [5.41, 5.74) is 3.97. The minimum atomic E-state index is -0.213. The molecule has 0 unspecified atom stereocenters. The highest BCUT2D eigenvalue weighted by Gasteiger charge is 2.08. The minimum absolute atomic E-state index is 0.143. The topological polar surface area (TPSA) is 70.6 Å². The molecule has 0 spiro atoms. The number of halogens is 1. The monoisotopic (exact) mass is 363 g/mol. The largest absolute Gasteiger partial charge is 0.326 e. The summed E-state index contributed by atoms with van der Waals surface area (Å²) in [6.45, 7) is 1.84. The van der Waals surface area contributed by atoms with Gasteiger partial charge in [-0.05, 0) is 42.5 Å². The molecule has 24 heavy (non-hydrogen) atoms. The van der Waals surface area contributed by atoms with Crippen molar-refractivity contribution >= 4 is 46.7 Å². The van der Waals surface area contributed by atoms with Gasteiger partial charge in [0.15, 0.2) is 0 Å². The summed E-state index contributed by atoms with van der Waals surface area (Å²) in [4.78, 5) is 24.5. The van der Waals surface area contributed by atoms with Crippen LogP contribution in [0.15, 0.2) is 40.8 Å². The highest BCUT2D eigenvalue weighted by Crippen LogP contribution is 2.23. The quantitative estimate of drug-likeness (QED) is 0.577. The Morgan fingerprint density at radius 3 is 2.75 bits per heavy atom. The van der Waals surface area contributed by atoms with Crippen molar-refractivity contribution in [2.45, 2.75) is 26.2 Å². The van der Waals surface area contributed by atoms with Crippen molar-refractivity contribution in [1.82, 2.24) is 5.43 Å². The van der Waals surface area contributed by atoms with Crippen LogP contribution >= 0.6 is 22.9 Å². The van der Waals surface area contributed by atoms with E-state index in [0.29, 0.717) is 17.1 Å². The van der Waals surface area contributed by atoms with Crippen molar-refractivity contribution in [1.29, 1.82) is 0 Å². The van der Waals surface area contributed by atoms with Gasteiger partial charge in [-0.15, -0.1) is 11.3 Å². The summed E-state index contributed by atoms with van der Waals surface area (Å²) in [6, 6.07) is 9.17. The first-order valence-corrected chi connectivity index (χ1v) is 8.72. The zero-order valence-electron chi connectivity index (χ0n) is 13.2. The highest BCUT2D eigenvalue weighted by molar-refractivity contribution is 7.11. The van der Waals surface area contributed by atoms with Crippen LogP contribution in [-0.2, 0) is 9.59 Å². The molecule has 1 aromatic heterocycles. The first kappa shape index (κ1) is 18.2. The SMILES string of the molecule is Cc1c(Cl)cccc1NC(=O)CCCC(=O)N/N=C\c1cccs1. The predicted molar refractivity (Wildman–Crippen MR) is 98.7 cm³/mol. The molecule has 2 rings (SSSR count). The summed E-state index contributed by atoms with van der Waals surface area (Å²) < 4.78 is 0. The van der Waals surface area contributed by atoms with Crippen molar-refractivity contribution < 1.29 is 9.59 Å². The third kappa shape index (κ3) is 5.79. The fourth-order valence-corrected chi connectivity index (χ4v) is 2.71. The second-order valence-corrected chi connectivity index (χ2v) is 6.51. The molecule has 0 saturated heterocycles. The maximum absolute atomic E-state index is 11.9. The number of rotatable bonds is 7. The molecule has 0 aliphatic carbocycles. The predicted octanol–water partition coefficient (Wildman–Crippen LogP) is 3.97. The maximum atomic E-state index is 11.9. The number of anilines is 1. The summed E-state index contributed by atoms with van der Waals surface area (Å²) >= 11 is 7.55. The Labute approximate surface area is 149 Å². The van der Waals surface area contributed by atoms with Crippen molar-refractivity contribution in [3.8, 4) is 0 Å². The highest BCUT2D eigenvalue weighted by atomic mass is 35.5. The lowest BCUT2D eigenvalue weighted by molar-refractivity contribution is -0.121. The van der Waals surface area contributed by atoms with Crippen LogP contribution in [0.25, 0.3) is 0 Å². The van der Waals surface area contributed by atoms with Crippen LogP contribution in [-0.4, -0.2) is 18.0 Å². The van der Waals surface area contributed by atoms with Gasteiger partial charge in [-0.1, -0.05) is 23.7 Å². The lowest BCUT2D eigenvalue weighted by Gasteiger charge is -2.09. The van der Waals surface area contributed by atoms with E-state index in [-0.39, 0.29) is 24.7 Å². The zero-order chi connectivity index (χ0) is 17.4. The van der Waals surface area contributed by atoms with E-state index in [1.54, 1.807) is 24.4 Å². The van der Waals surface area contributed by atoms with Crippen molar-refractivity contribution in [2.75, 3.05) is 5.32 Å². The van der Waals surface area contributed by atoms with E-state index in [9.17, 15) is 9.59 Å². The minimum Gasteiger partial charge on any atom is -0.326 e. The van der Waals surface area contributed by atoms with Crippen LogP contribution < -0.4 is 10.7 Å². The molecule has 0 aliphatic heterocycles. The van der Waals surface area contributed by atoms with Gasteiger partial charge in [0.1, 0.15) is 0 Å². The molecule has 1 heterocycles. The molecule has 0 saturated carbocycles. The first-order chi connectivity index (χ1) is 11.6. The molecule has 0 atom stereocenters. The van der Waals surface area contributed by atoms with Crippen molar-refractivity contribution in [3.05, 3.63) is 51.2 Å². The third-order valence-corrected chi connectivity index (χ3v) is 4.49. The fourth-order valence-electron chi connectivity index (χ4n) is 1.95. The average molecular weight is 364 g/mol. The normalized spacial score (nSPS) is 10.8. The number of carbonyl (C=O) groups excluding carboxylic acids is 2. The molecule has 0 fully saturated rings. The molecule has 1 aromatic carbocycles. The van der Waals surface area contributed by atoms with Gasteiger partial charge in [0.05, 0.1) is 6.21 Å². The summed E-state index contributed by atoms with van der Waals surface area (Å²) in [5, 5.41) is 9.22. The van der Waals surface area contributed by atoms with E-state index in [2.05, 4.69) is 15.8 Å². The number of hydrazone groups is 1. The van der Waals surface area contributed by atoms with E-state index >= 15 is 0 Å². The molecule has 7 heteroatoms. The average Bonchev–Trinajstić information content (AvgIpc) is 3.05. The van der Waals surface area contributed by atoms with E-state index in [0.717, 1.165) is 10.4 Å². The van der Waals surface area contributed by atoms with Gasteiger partial charge in [-0.2, -0.15) is 5.10 Å². The number of nitrogens with one attached hydrogen (secondary N) is 2. The van der Waals surface area contributed by atoms with Gasteiger partial charge in [-0.3, -0.25) is 9.59 Å². The van der Waals surface area contributed by atoms with Crippen molar-refractivity contribution in [3.63, 3.8) is 0 Å². The first-order valence-electron chi connectivity index (χ1n) is 7.46. The van der Waals surface area contributed by atoms with E-state index < -0.39 is 0 Å². The Hall–Kier alpha value is -2.18. The van der Waals surface area contributed by atoms with E-state index in [1.165, 1.54) is 11.3 Å². The molecule has 0 radical (unpaired) electrons. The molecule has 2 aromatic rings. The van der Waals surface area contributed by atoms with Crippen LogP contribution in [0.3, 0.4) is 0 Å². The van der Waals surface area contributed by atoms with Gasteiger partial charge < -0.3 is 5.32 Å². The van der Waals surface area contributed by atoms with Gasteiger partial charge in [-0.25, -0.2) is 5.43 Å². The maximum Gasteiger partial charge on any atom is 0.240 e. The van der Waals surface area contributed by atoms with Gasteiger partial charge >= 0.3 is 0 Å². The third-order valence-electron chi connectivity index (χ3n) is 3.27. The lowest BCUT2D eigenvalue weighted by atomic mass is 10.2. The Morgan fingerprint density at radius 2 is 2.00 bits per heavy atom. The molecule has 2 amide bonds. The van der Waals surface area contributed by atoms with Crippen LogP contribution in [0.4, 0.5) is 5.69 Å². The molecule has 0 aliphatic rings.